The van der Waals surface area contributed by atoms with E-state index in [0.29, 0.717) is 32.4 Å². The Morgan fingerprint density at radius 1 is 1.19 bits per heavy atom. The number of sulfonamides is 1. The van der Waals surface area contributed by atoms with Gasteiger partial charge in [-0.2, -0.15) is 4.31 Å². The zero-order valence-electron chi connectivity index (χ0n) is 12.2. The summed E-state index contributed by atoms with van der Waals surface area (Å²) in [6, 6.07) is 0. The summed E-state index contributed by atoms with van der Waals surface area (Å²) in [4.78, 5) is 24.9. The van der Waals surface area contributed by atoms with Crippen molar-refractivity contribution in [3.8, 4) is 0 Å². The summed E-state index contributed by atoms with van der Waals surface area (Å²) in [5.74, 6) is -2.14. The van der Waals surface area contributed by atoms with Crippen LogP contribution in [0.1, 0.15) is 32.1 Å². The van der Waals surface area contributed by atoms with Crippen molar-refractivity contribution in [2.45, 2.75) is 37.4 Å². The smallest absolute Gasteiger partial charge is 0.307 e. The van der Waals surface area contributed by atoms with E-state index in [-0.39, 0.29) is 12.5 Å². The molecule has 0 radical (unpaired) electrons. The van der Waals surface area contributed by atoms with Crippen LogP contribution in [0.2, 0.25) is 0 Å². The summed E-state index contributed by atoms with van der Waals surface area (Å²) in [6.07, 6.45) is 3.22. The molecule has 0 bridgehead atoms. The number of amides is 1. The molecule has 120 valence electrons. The van der Waals surface area contributed by atoms with E-state index in [4.69, 9.17) is 5.11 Å². The van der Waals surface area contributed by atoms with Crippen LogP contribution in [0.25, 0.3) is 0 Å². The van der Waals surface area contributed by atoms with Crippen LogP contribution in [0.3, 0.4) is 0 Å². The second-order valence-corrected chi connectivity index (χ2v) is 8.06. The fraction of sp³-hybridized carbons (Fsp3) is 0.846. The van der Waals surface area contributed by atoms with Gasteiger partial charge in [0.25, 0.3) is 0 Å². The average molecular weight is 318 g/mol. The van der Waals surface area contributed by atoms with Gasteiger partial charge in [0.05, 0.1) is 17.7 Å². The molecule has 1 aliphatic heterocycles. The number of hydrogen-bond donors (Lipinski definition) is 1. The van der Waals surface area contributed by atoms with E-state index < -0.39 is 27.2 Å². The molecule has 8 heteroatoms. The fourth-order valence-electron chi connectivity index (χ4n) is 3.14. The zero-order chi connectivity index (χ0) is 15.6. The highest BCUT2D eigenvalue weighted by Crippen LogP contribution is 2.32. The molecule has 0 aromatic heterocycles. The van der Waals surface area contributed by atoms with Gasteiger partial charge in [-0.25, -0.2) is 8.42 Å². The molecular weight excluding hydrogens is 296 g/mol. The van der Waals surface area contributed by atoms with Crippen LogP contribution in [0.4, 0.5) is 0 Å². The normalized spacial score (nSPS) is 26.5. The molecule has 7 nitrogen and oxygen atoms in total. The Morgan fingerprint density at radius 3 is 2.38 bits per heavy atom. The summed E-state index contributed by atoms with van der Waals surface area (Å²) in [7, 11) is -2.39. The van der Waals surface area contributed by atoms with E-state index in [9.17, 15) is 18.0 Å². The monoisotopic (exact) mass is 318 g/mol. The van der Waals surface area contributed by atoms with Crippen LogP contribution in [0.5, 0.6) is 0 Å². The predicted molar refractivity (Wildman–Crippen MR) is 76.1 cm³/mol. The fourth-order valence-corrected chi connectivity index (χ4v) is 5.03. The first-order valence-corrected chi connectivity index (χ1v) is 8.80. The number of likely N-dealkylation sites (N-methyl/N-ethyl adjacent to an activating group) is 1. The van der Waals surface area contributed by atoms with Crippen LogP contribution in [0, 0.1) is 5.92 Å². The van der Waals surface area contributed by atoms with E-state index in [1.165, 1.54) is 7.05 Å². The van der Waals surface area contributed by atoms with Crippen LogP contribution < -0.4 is 0 Å². The lowest BCUT2D eigenvalue weighted by molar-refractivity contribution is -0.141. The molecule has 2 atom stereocenters. The molecule has 21 heavy (non-hydrogen) atoms. The molecule has 1 saturated carbocycles. The summed E-state index contributed by atoms with van der Waals surface area (Å²) in [5.41, 5.74) is 0. The second-order valence-electron chi connectivity index (χ2n) is 5.80. The molecule has 1 N–H and O–H groups in total. The van der Waals surface area contributed by atoms with Crippen molar-refractivity contribution in [2.75, 3.05) is 26.7 Å². The number of aliphatic carboxylic acids is 1. The van der Waals surface area contributed by atoms with Crippen molar-refractivity contribution >= 4 is 21.9 Å². The van der Waals surface area contributed by atoms with Gasteiger partial charge in [-0.05, 0) is 25.7 Å². The number of likely N-dealkylation sites (tertiary alicyclic amines) is 1. The van der Waals surface area contributed by atoms with E-state index in [1.54, 1.807) is 4.90 Å². The largest absolute Gasteiger partial charge is 0.481 e. The molecule has 1 heterocycles. The molecule has 0 aromatic carbocycles. The number of nitrogens with zero attached hydrogens (tertiary/aromatic N) is 2. The Morgan fingerprint density at radius 2 is 1.81 bits per heavy atom. The molecule has 2 aliphatic rings. The molecule has 1 saturated heterocycles. The van der Waals surface area contributed by atoms with Crippen molar-refractivity contribution in [1.29, 1.82) is 0 Å². The Bertz CT molecular complexity index is 513. The van der Waals surface area contributed by atoms with Crippen LogP contribution in [-0.4, -0.2) is 66.5 Å². The highest BCUT2D eigenvalue weighted by atomic mass is 32.2. The maximum absolute atomic E-state index is 12.5. The highest BCUT2D eigenvalue weighted by Gasteiger charge is 2.43. The first-order chi connectivity index (χ1) is 9.84. The van der Waals surface area contributed by atoms with Crippen molar-refractivity contribution < 1.29 is 23.1 Å². The van der Waals surface area contributed by atoms with Gasteiger partial charge < -0.3 is 10.0 Å². The number of hydrogen-bond acceptors (Lipinski definition) is 4. The Balaban J connectivity index is 2.04. The van der Waals surface area contributed by atoms with Gasteiger partial charge in [-0.3, -0.25) is 9.59 Å². The molecule has 1 amide bonds. The van der Waals surface area contributed by atoms with Gasteiger partial charge in [0.1, 0.15) is 0 Å². The van der Waals surface area contributed by atoms with E-state index >= 15 is 0 Å². The summed E-state index contributed by atoms with van der Waals surface area (Å²) < 4.78 is 26.0. The Kier molecular flexibility index (Phi) is 4.88. The SMILES string of the molecule is CN(CC(=O)N1CCCC1)S(=O)(=O)C1CCCC1C(=O)O. The second kappa shape index (κ2) is 6.31. The number of carboxylic acids is 1. The summed E-state index contributed by atoms with van der Waals surface area (Å²) in [5, 5.41) is 8.21. The molecule has 2 unspecified atom stereocenters. The Labute approximate surface area is 125 Å². The van der Waals surface area contributed by atoms with Gasteiger partial charge in [0.15, 0.2) is 0 Å². The molecule has 1 aliphatic carbocycles. The maximum atomic E-state index is 12.5. The molecule has 2 fully saturated rings. The van der Waals surface area contributed by atoms with Crippen LogP contribution >= 0.6 is 0 Å². The quantitative estimate of drug-likeness (QED) is 0.777. The maximum Gasteiger partial charge on any atom is 0.307 e. The minimum absolute atomic E-state index is 0.203. The van der Waals surface area contributed by atoms with Crippen molar-refractivity contribution in [1.82, 2.24) is 9.21 Å². The molecule has 0 spiro atoms. The van der Waals surface area contributed by atoms with Crippen molar-refractivity contribution in [3.05, 3.63) is 0 Å². The summed E-state index contributed by atoms with van der Waals surface area (Å²) >= 11 is 0. The lowest BCUT2D eigenvalue weighted by Crippen LogP contribution is -2.45. The highest BCUT2D eigenvalue weighted by molar-refractivity contribution is 7.89. The number of carboxylic acid groups (broad SMARTS) is 1. The Hall–Kier alpha value is -1.15. The minimum Gasteiger partial charge on any atom is -0.481 e. The molecular formula is C13H22N2O5S. The van der Waals surface area contributed by atoms with Gasteiger partial charge in [-0.15, -0.1) is 0 Å². The summed E-state index contributed by atoms with van der Waals surface area (Å²) in [6.45, 7) is 1.15. The van der Waals surface area contributed by atoms with E-state index in [2.05, 4.69) is 0 Å². The van der Waals surface area contributed by atoms with Gasteiger partial charge in [-0.1, -0.05) is 6.42 Å². The van der Waals surface area contributed by atoms with Crippen LogP contribution in [0.15, 0.2) is 0 Å². The van der Waals surface area contributed by atoms with E-state index in [0.717, 1.165) is 17.1 Å². The standard InChI is InChI=1S/C13H22N2O5S/c1-14(9-12(16)15-7-2-3-8-15)21(19,20)11-6-4-5-10(11)13(17)18/h10-11H,2-9H2,1H3,(H,17,18). The predicted octanol–water partition coefficient (Wildman–Crippen LogP) is 0.124. The third-order valence-electron chi connectivity index (χ3n) is 4.40. The first kappa shape index (κ1) is 16.2. The van der Waals surface area contributed by atoms with Gasteiger partial charge in [0, 0.05) is 20.1 Å². The average Bonchev–Trinajstić information content (AvgIpc) is 3.09. The van der Waals surface area contributed by atoms with Gasteiger partial charge in [0.2, 0.25) is 15.9 Å². The van der Waals surface area contributed by atoms with Crippen molar-refractivity contribution in [2.24, 2.45) is 5.92 Å². The molecule has 2 rings (SSSR count). The van der Waals surface area contributed by atoms with Crippen molar-refractivity contribution in [3.63, 3.8) is 0 Å². The van der Waals surface area contributed by atoms with E-state index in [1.807, 2.05) is 0 Å². The molecule has 0 aromatic rings. The number of rotatable bonds is 5. The first-order valence-electron chi connectivity index (χ1n) is 7.30. The van der Waals surface area contributed by atoms with Gasteiger partial charge >= 0.3 is 5.97 Å². The third-order valence-corrected chi connectivity index (χ3v) is 6.73. The topological polar surface area (TPSA) is 95.0 Å². The minimum atomic E-state index is -3.75. The lowest BCUT2D eigenvalue weighted by Gasteiger charge is -2.25. The lowest BCUT2D eigenvalue weighted by atomic mass is 10.1. The zero-order valence-corrected chi connectivity index (χ0v) is 13.0. The number of carbonyl (C=O) groups is 2. The van der Waals surface area contributed by atoms with Crippen LogP contribution in [-0.2, 0) is 19.6 Å². The third kappa shape index (κ3) is 3.37. The number of carbonyl (C=O) groups excluding carboxylic acids is 1.